The molecule has 1 unspecified atom stereocenters. The van der Waals surface area contributed by atoms with Crippen molar-refractivity contribution in [1.82, 2.24) is 0 Å². The summed E-state index contributed by atoms with van der Waals surface area (Å²) in [5.41, 5.74) is 7.49. The van der Waals surface area contributed by atoms with Crippen molar-refractivity contribution >= 4 is 0 Å². The van der Waals surface area contributed by atoms with E-state index in [4.69, 9.17) is 15.2 Å². The molecule has 1 aromatic rings. The van der Waals surface area contributed by atoms with E-state index in [0.29, 0.717) is 0 Å². The minimum absolute atomic E-state index is 0.0198. The van der Waals surface area contributed by atoms with Crippen LogP contribution in [0, 0.1) is 0 Å². The Kier molecular flexibility index (Phi) is 3.88. The van der Waals surface area contributed by atoms with Crippen LogP contribution in [-0.2, 0) is 0 Å². The quantitative estimate of drug-likeness (QED) is 0.908. The molecule has 1 aromatic carbocycles. The van der Waals surface area contributed by atoms with Gasteiger partial charge in [-0.05, 0) is 38.2 Å². The highest BCUT2D eigenvalue weighted by Gasteiger charge is 2.40. The number of rotatable bonds is 3. The van der Waals surface area contributed by atoms with Crippen LogP contribution in [0.3, 0.4) is 0 Å². The largest absolute Gasteiger partial charge is 0.493 e. The predicted octanol–water partition coefficient (Wildman–Crippen LogP) is 3.96. The van der Waals surface area contributed by atoms with Gasteiger partial charge in [-0.1, -0.05) is 19.4 Å². The van der Waals surface area contributed by atoms with E-state index in [2.05, 4.69) is 13.0 Å². The first-order valence-corrected chi connectivity index (χ1v) is 7.94. The highest BCUT2D eigenvalue weighted by Crippen LogP contribution is 2.46. The summed E-state index contributed by atoms with van der Waals surface area (Å²) in [5.74, 6) is 1.84. The van der Waals surface area contributed by atoms with Gasteiger partial charge in [0.1, 0.15) is 17.1 Å². The third-order valence-corrected chi connectivity index (χ3v) is 4.54. The molecule has 1 spiro atoms. The van der Waals surface area contributed by atoms with Crippen molar-refractivity contribution in [3.63, 3.8) is 0 Å². The molecule has 0 bridgehead atoms. The maximum atomic E-state index is 6.39. The molecule has 0 aromatic heterocycles. The third kappa shape index (κ3) is 2.64. The van der Waals surface area contributed by atoms with Crippen molar-refractivity contribution in [3.05, 3.63) is 23.8 Å². The Morgan fingerprint density at radius 1 is 1.30 bits per heavy atom. The van der Waals surface area contributed by atoms with Gasteiger partial charge in [0.25, 0.3) is 0 Å². The van der Waals surface area contributed by atoms with Crippen LogP contribution < -0.4 is 15.2 Å². The van der Waals surface area contributed by atoms with E-state index in [1.165, 1.54) is 19.3 Å². The minimum atomic E-state index is -0.0198. The molecule has 1 atom stereocenters. The van der Waals surface area contributed by atoms with E-state index in [-0.39, 0.29) is 11.6 Å². The summed E-state index contributed by atoms with van der Waals surface area (Å²) in [7, 11) is 0. The Bertz CT molecular complexity index is 466. The molecule has 1 aliphatic carbocycles. The Morgan fingerprint density at radius 2 is 2.10 bits per heavy atom. The molecule has 0 saturated heterocycles. The SMILES string of the molecule is CCCOc1ccc2c(c1)OC1(CCCCC1)CC2N. The molecule has 20 heavy (non-hydrogen) atoms. The molecule has 3 rings (SSSR count). The lowest BCUT2D eigenvalue weighted by Crippen LogP contribution is -2.44. The van der Waals surface area contributed by atoms with Crippen LogP contribution in [0.4, 0.5) is 0 Å². The fourth-order valence-corrected chi connectivity index (χ4v) is 3.51. The van der Waals surface area contributed by atoms with E-state index in [1.807, 2.05) is 12.1 Å². The monoisotopic (exact) mass is 275 g/mol. The first-order valence-electron chi connectivity index (χ1n) is 7.94. The van der Waals surface area contributed by atoms with Crippen LogP contribution in [0.15, 0.2) is 18.2 Å². The van der Waals surface area contributed by atoms with Crippen molar-refractivity contribution < 1.29 is 9.47 Å². The summed E-state index contributed by atoms with van der Waals surface area (Å²) in [4.78, 5) is 0. The Balaban J connectivity index is 1.84. The number of ether oxygens (including phenoxy) is 2. The normalized spacial score (nSPS) is 24.0. The fraction of sp³-hybridized carbons (Fsp3) is 0.647. The molecule has 0 radical (unpaired) electrons. The lowest BCUT2D eigenvalue weighted by Gasteiger charge is -2.43. The number of hydrogen-bond acceptors (Lipinski definition) is 3. The van der Waals surface area contributed by atoms with Crippen LogP contribution in [0.2, 0.25) is 0 Å². The molecule has 2 aliphatic rings. The predicted molar refractivity (Wildman–Crippen MR) is 80.2 cm³/mol. The Morgan fingerprint density at radius 3 is 2.85 bits per heavy atom. The van der Waals surface area contributed by atoms with Crippen LogP contribution in [0.1, 0.15) is 63.5 Å². The first-order chi connectivity index (χ1) is 9.72. The van der Waals surface area contributed by atoms with Gasteiger partial charge in [-0.25, -0.2) is 0 Å². The van der Waals surface area contributed by atoms with Crippen molar-refractivity contribution in [1.29, 1.82) is 0 Å². The molecule has 0 amide bonds. The summed E-state index contributed by atoms with van der Waals surface area (Å²) >= 11 is 0. The lowest BCUT2D eigenvalue weighted by atomic mass is 9.77. The second-order valence-electron chi connectivity index (χ2n) is 6.20. The maximum Gasteiger partial charge on any atom is 0.128 e. The average molecular weight is 275 g/mol. The van der Waals surface area contributed by atoms with Gasteiger partial charge in [0.15, 0.2) is 0 Å². The van der Waals surface area contributed by atoms with Crippen LogP contribution >= 0.6 is 0 Å². The topological polar surface area (TPSA) is 44.5 Å². The van der Waals surface area contributed by atoms with Crippen LogP contribution in [-0.4, -0.2) is 12.2 Å². The van der Waals surface area contributed by atoms with Gasteiger partial charge in [0, 0.05) is 24.1 Å². The molecular weight excluding hydrogens is 250 g/mol. The van der Waals surface area contributed by atoms with Crippen molar-refractivity contribution in [3.8, 4) is 11.5 Å². The number of nitrogens with two attached hydrogens (primary N) is 1. The Hall–Kier alpha value is -1.22. The summed E-state index contributed by atoms with van der Waals surface area (Å²) < 4.78 is 12.1. The van der Waals surface area contributed by atoms with Gasteiger partial charge in [0.2, 0.25) is 0 Å². The molecule has 1 aliphatic heterocycles. The first kappa shape index (κ1) is 13.7. The second kappa shape index (κ2) is 5.65. The van der Waals surface area contributed by atoms with E-state index >= 15 is 0 Å². The highest BCUT2D eigenvalue weighted by atomic mass is 16.5. The molecule has 3 nitrogen and oxygen atoms in total. The van der Waals surface area contributed by atoms with Gasteiger partial charge in [-0.15, -0.1) is 0 Å². The van der Waals surface area contributed by atoms with E-state index in [9.17, 15) is 0 Å². The molecule has 110 valence electrons. The van der Waals surface area contributed by atoms with Gasteiger partial charge in [0.05, 0.1) is 6.61 Å². The van der Waals surface area contributed by atoms with Crippen molar-refractivity contribution in [2.45, 2.75) is 63.5 Å². The summed E-state index contributed by atoms with van der Waals surface area (Å²) in [6.07, 6.45) is 8.09. The molecule has 3 heteroatoms. The van der Waals surface area contributed by atoms with Gasteiger partial charge >= 0.3 is 0 Å². The van der Waals surface area contributed by atoms with Crippen LogP contribution in [0.5, 0.6) is 11.5 Å². The summed E-state index contributed by atoms with van der Waals surface area (Å²) in [5, 5.41) is 0. The zero-order valence-corrected chi connectivity index (χ0v) is 12.4. The van der Waals surface area contributed by atoms with Crippen LogP contribution in [0.25, 0.3) is 0 Å². The molecular formula is C17H25NO2. The lowest BCUT2D eigenvalue weighted by molar-refractivity contribution is 0.00172. The standard InChI is InChI=1S/C17H25NO2/c1-2-10-19-13-6-7-14-15(18)12-17(20-16(14)11-13)8-4-3-5-9-17/h6-7,11,15H,2-5,8-10,12,18H2,1H3. The van der Waals surface area contributed by atoms with E-state index in [0.717, 1.165) is 49.4 Å². The van der Waals surface area contributed by atoms with Gasteiger partial charge in [-0.3, -0.25) is 0 Å². The second-order valence-corrected chi connectivity index (χ2v) is 6.20. The number of benzene rings is 1. The summed E-state index contributed by atoms with van der Waals surface area (Å²) in [6.45, 7) is 2.86. The number of fused-ring (bicyclic) bond motifs is 1. The molecule has 1 heterocycles. The zero-order valence-electron chi connectivity index (χ0n) is 12.4. The third-order valence-electron chi connectivity index (χ3n) is 4.54. The fourth-order valence-electron chi connectivity index (χ4n) is 3.51. The molecule has 1 saturated carbocycles. The van der Waals surface area contributed by atoms with Gasteiger partial charge in [-0.2, -0.15) is 0 Å². The Labute approximate surface area is 121 Å². The number of hydrogen-bond donors (Lipinski definition) is 1. The highest BCUT2D eigenvalue weighted by molar-refractivity contribution is 5.44. The van der Waals surface area contributed by atoms with Crippen molar-refractivity contribution in [2.24, 2.45) is 5.73 Å². The summed E-state index contributed by atoms with van der Waals surface area (Å²) in [6, 6.07) is 6.20. The van der Waals surface area contributed by atoms with E-state index < -0.39 is 0 Å². The van der Waals surface area contributed by atoms with Gasteiger partial charge < -0.3 is 15.2 Å². The zero-order chi connectivity index (χ0) is 14.0. The molecule has 1 fully saturated rings. The van der Waals surface area contributed by atoms with E-state index in [1.54, 1.807) is 0 Å². The average Bonchev–Trinajstić information content (AvgIpc) is 2.45. The minimum Gasteiger partial charge on any atom is -0.493 e. The maximum absolute atomic E-state index is 6.39. The van der Waals surface area contributed by atoms with Crippen molar-refractivity contribution in [2.75, 3.05) is 6.61 Å². The molecule has 2 N–H and O–H groups in total. The smallest absolute Gasteiger partial charge is 0.128 e.